The number of carbonyl (C=O) groups is 1. The van der Waals surface area contributed by atoms with E-state index >= 15 is 0 Å². The first-order valence-corrected chi connectivity index (χ1v) is 9.36. The Bertz CT molecular complexity index is 860. The number of carbonyl (C=O) groups excluding carboxylic acids is 1. The number of hydrogen-bond donors (Lipinski definition) is 2. The molecule has 0 radical (unpaired) electrons. The van der Waals surface area contributed by atoms with Gasteiger partial charge in [-0.15, -0.1) is 0 Å². The summed E-state index contributed by atoms with van der Waals surface area (Å²) < 4.78 is 0. The molecule has 0 saturated carbocycles. The molecule has 3 rings (SSSR count). The summed E-state index contributed by atoms with van der Waals surface area (Å²) in [7, 11) is 0. The summed E-state index contributed by atoms with van der Waals surface area (Å²) in [6, 6.07) is 16.3. The quantitative estimate of drug-likeness (QED) is 0.651. The number of aromatic amines is 1. The number of fused-ring (bicyclic) bond motifs is 1. The molecule has 0 bridgehead atoms. The number of benzene rings is 2. The average Bonchev–Trinajstić information content (AvgIpc) is 3.01. The Morgan fingerprint density at radius 3 is 2.72 bits per heavy atom. The van der Waals surface area contributed by atoms with Crippen molar-refractivity contribution < 1.29 is 4.79 Å². The van der Waals surface area contributed by atoms with E-state index < -0.39 is 0 Å². The Morgan fingerprint density at radius 2 is 1.96 bits per heavy atom. The molecule has 0 spiro atoms. The lowest BCUT2D eigenvalue weighted by molar-refractivity contribution is -0.120. The zero-order valence-electron chi connectivity index (χ0n) is 14.7. The van der Waals surface area contributed by atoms with Crippen LogP contribution in [0.15, 0.2) is 53.7 Å². The number of hydrogen-bond acceptors (Lipinski definition) is 3. The molecule has 2 aromatic carbocycles. The molecule has 5 heteroatoms. The van der Waals surface area contributed by atoms with Crippen molar-refractivity contribution >= 4 is 28.7 Å². The molecule has 2 N–H and O–H groups in total. The largest absolute Gasteiger partial charge is 0.355 e. The van der Waals surface area contributed by atoms with E-state index in [-0.39, 0.29) is 17.1 Å². The summed E-state index contributed by atoms with van der Waals surface area (Å²) >= 11 is 1.45. The van der Waals surface area contributed by atoms with Crippen molar-refractivity contribution in [1.82, 2.24) is 15.3 Å². The second kappa shape index (κ2) is 7.74. The molecule has 130 valence electrons. The van der Waals surface area contributed by atoms with E-state index in [4.69, 9.17) is 0 Å². The predicted molar refractivity (Wildman–Crippen MR) is 104 cm³/mol. The molecule has 0 aliphatic heterocycles. The van der Waals surface area contributed by atoms with Gasteiger partial charge in [0.1, 0.15) is 0 Å². The Labute approximate surface area is 152 Å². The van der Waals surface area contributed by atoms with Crippen molar-refractivity contribution in [3.8, 4) is 0 Å². The predicted octanol–water partition coefficient (Wildman–Crippen LogP) is 4.27. The zero-order valence-corrected chi connectivity index (χ0v) is 15.6. The van der Waals surface area contributed by atoms with E-state index in [1.54, 1.807) is 0 Å². The van der Waals surface area contributed by atoms with E-state index in [9.17, 15) is 4.79 Å². The van der Waals surface area contributed by atoms with Crippen LogP contribution in [-0.4, -0.2) is 27.7 Å². The van der Waals surface area contributed by atoms with E-state index in [0.29, 0.717) is 6.54 Å². The number of aryl methyl sites for hydroxylation is 1. The highest BCUT2D eigenvalue weighted by Crippen LogP contribution is 2.24. The van der Waals surface area contributed by atoms with Crippen LogP contribution in [-0.2, 0) is 4.79 Å². The van der Waals surface area contributed by atoms with Crippen LogP contribution in [0.5, 0.6) is 0 Å². The molecular weight excluding hydrogens is 330 g/mol. The molecule has 3 aromatic rings. The van der Waals surface area contributed by atoms with Gasteiger partial charge in [-0.3, -0.25) is 4.79 Å². The van der Waals surface area contributed by atoms with Crippen LogP contribution >= 0.6 is 11.8 Å². The highest BCUT2D eigenvalue weighted by molar-refractivity contribution is 8.00. The van der Waals surface area contributed by atoms with Crippen LogP contribution in [0.4, 0.5) is 0 Å². The maximum atomic E-state index is 12.4. The van der Waals surface area contributed by atoms with Gasteiger partial charge in [0, 0.05) is 6.54 Å². The van der Waals surface area contributed by atoms with Gasteiger partial charge in [-0.25, -0.2) is 4.98 Å². The molecule has 0 saturated heterocycles. The molecule has 1 aromatic heterocycles. The van der Waals surface area contributed by atoms with Gasteiger partial charge in [0.15, 0.2) is 5.16 Å². The standard InChI is InChI=1S/C20H23N3OS/c1-13-9-10-17-18(11-13)23-20(22-17)25-15(3)19(24)21-12-14(2)16-7-5-4-6-8-16/h4-11,14-15H,12H2,1-3H3,(H,21,24)(H,22,23). The highest BCUT2D eigenvalue weighted by atomic mass is 32.2. The maximum absolute atomic E-state index is 12.4. The third-order valence-electron chi connectivity index (χ3n) is 4.22. The Kier molecular flexibility index (Phi) is 5.43. The van der Waals surface area contributed by atoms with Gasteiger partial charge in [-0.05, 0) is 43.0 Å². The third-order valence-corrected chi connectivity index (χ3v) is 5.21. The first-order chi connectivity index (χ1) is 12.0. The Morgan fingerprint density at radius 1 is 1.20 bits per heavy atom. The lowest BCUT2D eigenvalue weighted by Crippen LogP contribution is -2.33. The summed E-state index contributed by atoms with van der Waals surface area (Å²) in [5.74, 6) is 0.320. The van der Waals surface area contributed by atoms with Crippen LogP contribution in [0.25, 0.3) is 11.0 Å². The van der Waals surface area contributed by atoms with Gasteiger partial charge < -0.3 is 10.3 Å². The van der Waals surface area contributed by atoms with Crippen LogP contribution in [0.1, 0.15) is 30.9 Å². The van der Waals surface area contributed by atoms with Gasteiger partial charge in [-0.1, -0.05) is 55.1 Å². The molecule has 25 heavy (non-hydrogen) atoms. The fourth-order valence-electron chi connectivity index (χ4n) is 2.67. The van der Waals surface area contributed by atoms with E-state index in [2.05, 4.69) is 47.3 Å². The van der Waals surface area contributed by atoms with Gasteiger partial charge in [0.2, 0.25) is 5.91 Å². The van der Waals surface area contributed by atoms with Crippen molar-refractivity contribution in [2.75, 3.05) is 6.54 Å². The maximum Gasteiger partial charge on any atom is 0.233 e. The monoisotopic (exact) mass is 353 g/mol. The fourth-order valence-corrected chi connectivity index (χ4v) is 3.52. The number of nitrogens with zero attached hydrogens (tertiary/aromatic N) is 1. The summed E-state index contributed by atoms with van der Waals surface area (Å²) in [5.41, 5.74) is 4.36. The molecular formula is C20H23N3OS. The average molecular weight is 353 g/mol. The van der Waals surface area contributed by atoms with Crippen molar-refractivity contribution in [3.63, 3.8) is 0 Å². The number of rotatable bonds is 6. The normalized spacial score (nSPS) is 13.6. The van der Waals surface area contributed by atoms with Crippen molar-refractivity contribution in [1.29, 1.82) is 0 Å². The summed E-state index contributed by atoms with van der Waals surface area (Å²) in [6.07, 6.45) is 0. The van der Waals surface area contributed by atoms with E-state index in [0.717, 1.165) is 16.2 Å². The Balaban J connectivity index is 1.56. The first kappa shape index (κ1) is 17.5. The highest BCUT2D eigenvalue weighted by Gasteiger charge is 2.17. The van der Waals surface area contributed by atoms with Gasteiger partial charge >= 0.3 is 0 Å². The van der Waals surface area contributed by atoms with Gasteiger partial charge in [0.25, 0.3) is 0 Å². The second-order valence-electron chi connectivity index (χ2n) is 6.38. The van der Waals surface area contributed by atoms with E-state index in [1.165, 1.54) is 22.9 Å². The molecule has 4 nitrogen and oxygen atoms in total. The van der Waals surface area contributed by atoms with Crippen LogP contribution in [0, 0.1) is 6.92 Å². The summed E-state index contributed by atoms with van der Waals surface area (Å²) in [6.45, 7) is 6.71. The summed E-state index contributed by atoms with van der Waals surface area (Å²) in [5, 5.41) is 3.62. The number of H-pyrrole nitrogens is 1. The van der Waals surface area contributed by atoms with Crippen molar-refractivity contribution in [3.05, 3.63) is 59.7 Å². The lowest BCUT2D eigenvalue weighted by Gasteiger charge is -2.15. The van der Waals surface area contributed by atoms with Gasteiger partial charge in [-0.2, -0.15) is 0 Å². The van der Waals surface area contributed by atoms with Gasteiger partial charge in [0.05, 0.1) is 16.3 Å². The second-order valence-corrected chi connectivity index (χ2v) is 7.71. The first-order valence-electron chi connectivity index (χ1n) is 8.48. The van der Waals surface area contributed by atoms with Crippen molar-refractivity contribution in [2.45, 2.75) is 37.1 Å². The topological polar surface area (TPSA) is 57.8 Å². The van der Waals surface area contributed by atoms with Crippen LogP contribution in [0.3, 0.4) is 0 Å². The molecule has 0 fully saturated rings. The molecule has 1 amide bonds. The smallest absolute Gasteiger partial charge is 0.233 e. The fraction of sp³-hybridized carbons (Fsp3) is 0.300. The third kappa shape index (κ3) is 4.42. The number of nitrogens with one attached hydrogen (secondary N) is 2. The lowest BCUT2D eigenvalue weighted by atomic mass is 10.0. The summed E-state index contributed by atoms with van der Waals surface area (Å²) in [4.78, 5) is 20.2. The zero-order chi connectivity index (χ0) is 17.8. The molecule has 0 aliphatic rings. The SMILES string of the molecule is Cc1ccc2nc(SC(C)C(=O)NCC(C)c3ccccc3)[nH]c2c1. The number of imidazole rings is 1. The molecule has 0 aliphatic carbocycles. The number of amides is 1. The minimum atomic E-state index is -0.204. The number of aromatic nitrogens is 2. The van der Waals surface area contributed by atoms with Crippen LogP contribution < -0.4 is 5.32 Å². The molecule has 2 unspecified atom stereocenters. The number of thioether (sulfide) groups is 1. The molecule has 2 atom stereocenters. The van der Waals surface area contributed by atoms with Crippen molar-refractivity contribution in [2.24, 2.45) is 0 Å². The minimum absolute atomic E-state index is 0.0319. The van der Waals surface area contributed by atoms with E-state index in [1.807, 2.05) is 37.3 Å². The molecule has 1 heterocycles. The minimum Gasteiger partial charge on any atom is -0.355 e. The Hall–Kier alpha value is -2.27. The van der Waals surface area contributed by atoms with Crippen LogP contribution in [0.2, 0.25) is 0 Å².